The van der Waals surface area contributed by atoms with Crippen molar-refractivity contribution in [3.8, 4) is 0 Å². The van der Waals surface area contributed by atoms with Gasteiger partial charge in [0.05, 0.1) is 46.8 Å². The Balaban J connectivity index is 1.66. The van der Waals surface area contributed by atoms with E-state index in [-0.39, 0.29) is 38.0 Å². The smallest absolute Gasteiger partial charge is 0.337 e. The molecule has 1 aliphatic heterocycles. The highest BCUT2D eigenvalue weighted by Crippen LogP contribution is 2.39. The zero-order valence-corrected chi connectivity index (χ0v) is 33.6. The summed E-state index contributed by atoms with van der Waals surface area (Å²) in [7, 11) is -6.52. The molecular formula is C38H44N4O12S2. The summed E-state index contributed by atoms with van der Waals surface area (Å²) in [5.74, 6) is -5.45. The van der Waals surface area contributed by atoms with E-state index in [1.807, 2.05) is 0 Å². The van der Waals surface area contributed by atoms with Crippen LogP contribution in [0.3, 0.4) is 0 Å². The van der Waals surface area contributed by atoms with Crippen molar-refractivity contribution in [1.29, 1.82) is 0 Å². The Morgan fingerprint density at radius 2 is 1.04 bits per heavy atom. The third-order valence-electron chi connectivity index (χ3n) is 8.85. The Morgan fingerprint density at radius 3 is 1.38 bits per heavy atom. The molecule has 0 aliphatic carbocycles. The highest BCUT2D eigenvalue weighted by molar-refractivity contribution is 7.89. The summed E-state index contributed by atoms with van der Waals surface area (Å²) in [5.41, 5.74) is 1.97. The predicted octanol–water partition coefficient (Wildman–Crippen LogP) is 2.84. The number of benzene rings is 2. The molecule has 18 heteroatoms. The maximum absolute atomic E-state index is 14.1. The second-order valence-corrected chi connectivity index (χ2v) is 16.4. The standard InChI is InChI=1S/C38H44N4O12S2/c1-21-12-16-27(17-13-21)55(47,48)41-33(37(45)51-7)25(5)53-35(43)30-23(3)40-24(4)31(32(30)29-11-9-10-20-39-29)36(44)54-26(6)34(38(46)52-8)42-56(49,50)28-18-14-22(2)15-19-28/h9-20,25-26,32-34,40-42H,1-8H3/t25-,26-,33+,34+/m1/s1. The van der Waals surface area contributed by atoms with E-state index in [0.29, 0.717) is 0 Å². The van der Waals surface area contributed by atoms with Gasteiger partial charge < -0.3 is 24.3 Å². The van der Waals surface area contributed by atoms with Crippen LogP contribution in [0.25, 0.3) is 0 Å². The summed E-state index contributed by atoms with van der Waals surface area (Å²) < 4.78 is 78.7. The number of dihydropyridines is 1. The van der Waals surface area contributed by atoms with E-state index >= 15 is 0 Å². The number of carbonyl (C=O) groups excluding carboxylic acids is 4. The molecule has 2 heterocycles. The van der Waals surface area contributed by atoms with E-state index in [2.05, 4.69) is 19.7 Å². The van der Waals surface area contributed by atoms with Crippen LogP contribution in [-0.4, -0.2) is 84.2 Å². The number of esters is 4. The van der Waals surface area contributed by atoms with Gasteiger partial charge in [-0.15, -0.1) is 0 Å². The molecule has 0 amide bonds. The van der Waals surface area contributed by atoms with Gasteiger partial charge in [0.25, 0.3) is 0 Å². The first-order valence-corrected chi connectivity index (χ1v) is 20.1. The maximum atomic E-state index is 14.1. The number of carbonyl (C=O) groups is 4. The number of ether oxygens (including phenoxy) is 4. The molecular weight excluding hydrogens is 769 g/mol. The van der Waals surface area contributed by atoms with Crippen molar-refractivity contribution < 1.29 is 55.0 Å². The lowest BCUT2D eigenvalue weighted by molar-refractivity contribution is -0.153. The number of nitrogens with one attached hydrogen (secondary N) is 3. The first-order valence-electron chi connectivity index (χ1n) is 17.2. The van der Waals surface area contributed by atoms with Gasteiger partial charge in [-0.3, -0.25) is 14.6 Å². The first-order chi connectivity index (χ1) is 26.3. The van der Waals surface area contributed by atoms with E-state index < -0.39 is 74.1 Å². The van der Waals surface area contributed by atoms with Crippen LogP contribution in [0, 0.1) is 13.8 Å². The number of sulfonamides is 2. The summed E-state index contributed by atoms with van der Waals surface area (Å²) in [6, 6.07) is 13.1. The fourth-order valence-corrected chi connectivity index (χ4v) is 8.31. The van der Waals surface area contributed by atoms with Crippen molar-refractivity contribution in [2.24, 2.45) is 0 Å². The van der Waals surface area contributed by atoms with Crippen molar-refractivity contribution in [2.45, 2.75) is 81.5 Å². The van der Waals surface area contributed by atoms with Crippen LogP contribution >= 0.6 is 0 Å². The molecule has 300 valence electrons. The number of aryl methyl sites for hydroxylation is 2. The number of hydrogen-bond acceptors (Lipinski definition) is 14. The monoisotopic (exact) mass is 812 g/mol. The molecule has 0 unspecified atom stereocenters. The largest absolute Gasteiger partial charge is 0.468 e. The molecule has 1 aliphatic rings. The molecule has 4 atom stereocenters. The van der Waals surface area contributed by atoms with Crippen LogP contribution in [0.2, 0.25) is 0 Å². The van der Waals surface area contributed by atoms with Crippen molar-refractivity contribution in [3.05, 3.63) is 112 Å². The lowest BCUT2D eigenvalue weighted by Gasteiger charge is -2.32. The van der Waals surface area contributed by atoms with Gasteiger partial charge in [-0.1, -0.05) is 41.5 Å². The molecule has 0 saturated carbocycles. The number of hydrogen-bond donors (Lipinski definition) is 3. The van der Waals surface area contributed by atoms with Gasteiger partial charge >= 0.3 is 23.9 Å². The Morgan fingerprint density at radius 1 is 0.643 bits per heavy atom. The van der Waals surface area contributed by atoms with Gasteiger partial charge in [-0.05, 0) is 77.9 Å². The van der Waals surface area contributed by atoms with Gasteiger partial charge in [-0.2, -0.15) is 9.44 Å². The first kappa shape index (κ1) is 43.3. The summed E-state index contributed by atoms with van der Waals surface area (Å²) in [4.78, 5) is 58.2. The van der Waals surface area contributed by atoms with E-state index in [4.69, 9.17) is 18.9 Å². The topological polar surface area (TPSA) is 222 Å². The Labute approximate surface area is 325 Å². The number of rotatable bonds is 15. The lowest BCUT2D eigenvalue weighted by Crippen LogP contribution is -2.50. The maximum Gasteiger partial charge on any atom is 0.337 e. The Bertz CT molecular complexity index is 2100. The van der Waals surface area contributed by atoms with Gasteiger partial charge in [0, 0.05) is 17.6 Å². The van der Waals surface area contributed by atoms with E-state index in [1.165, 1.54) is 58.2 Å². The number of nitrogens with zero attached hydrogens (tertiary/aromatic N) is 1. The van der Waals surface area contributed by atoms with E-state index in [9.17, 15) is 36.0 Å². The SMILES string of the molecule is COC(=O)[C@@H](NS(=O)(=O)c1ccc(C)cc1)[C@@H](C)OC(=O)C1=C(C)NC(C)=C(C(=O)O[C@H](C)[C@H](NS(=O)(=O)c2ccc(C)cc2)C(=O)OC)C1c1ccccn1. The highest BCUT2D eigenvalue weighted by atomic mass is 32.2. The van der Waals surface area contributed by atoms with E-state index in [0.717, 1.165) is 25.3 Å². The molecule has 0 bridgehead atoms. The lowest BCUT2D eigenvalue weighted by atomic mass is 9.82. The fourth-order valence-electron chi connectivity index (χ4n) is 5.81. The zero-order valence-electron chi connectivity index (χ0n) is 32.0. The predicted molar refractivity (Wildman–Crippen MR) is 201 cm³/mol. The normalized spacial score (nSPS) is 15.9. The molecule has 0 fully saturated rings. The van der Waals surface area contributed by atoms with Crippen molar-refractivity contribution in [2.75, 3.05) is 14.2 Å². The average molecular weight is 813 g/mol. The van der Waals surface area contributed by atoms with Gasteiger partial charge in [0.15, 0.2) is 12.1 Å². The summed E-state index contributed by atoms with van der Waals surface area (Å²) in [5, 5.41) is 2.97. The molecule has 16 nitrogen and oxygen atoms in total. The van der Waals surface area contributed by atoms with Crippen molar-refractivity contribution in [3.63, 3.8) is 0 Å². The minimum Gasteiger partial charge on any atom is -0.468 e. The molecule has 0 spiro atoms. The molecule has 3 N–H and O–H groups in total. The molecule has 1 aromatic heterocycles. The zero-order chi connectivity index (χ0) is 41.5. The van der Waals surface area contributed by atoms with Gasteiger partial charge in [-0.25, -0.2) is 26.4 Å². The highest BCUT2D eigenvalue weighted by Gasteiger charge is 2.43. The molecule has 2 aromatic carbocycles. The quantitative estimate of drug-likeness (QED) is 0.148. The summed E-state index contributed by atoms with van der Waals surface area (Å²) >= 11 is 0. The van der Waals surface area contributed by atoms with Gasteiger partial charge in [0.2, 0.25) is 20.0 Å². The summed E-state index contributed by atoms with van der Waals surface area (Å²) in [6.45, 7) is 9.21. The number of aromatic nitrogens is 1. The molecule has 0 radical (unpaired) electrons. The van der Waals surface area contributed by atoms with Gasteiger partial charge in [0.1, 0.15) is 12.2 Å². The molecule has 4 rings (SSSR count). The van der Waals surface area contributed by atoms with Crippen LogP contribution in [0.5, 0.6) is 0 Å². The summed E-state index contributed by atoms with van der Waals surface area (Å²) in [6.07, 6.45) is -1.48. The van der Waals surface area contributed by atoms with Crippen LogP contribution in [-0.2, 0) is 58.2 Å². The van der Waals surface area contributed by atoms with Crippen LogP contribution in [0.4, 0.5) is 0 Å². The third kappa shape index (κ3) is 10.1. The van der Waals surface area contributed by atoms with Crippen LogP contribution < -0.4 is 14.8 Å². The number of pyridine rings is 1. The third-order valence-corrected chi connectivity index (χ3v) is 11.8. The second kappa shape index (κ2) is 18.0. The molecule has 3 aromatic rings. The van der Waals surface area contributed by atoms with E-state index in [1.54, 1.807) is 56.3 Å². The Kier molecular flexibility index (Phi) is 13.9. The average Bonchev–Trinajstić information content (AvgIpc) is 3.15. The molecule has 56 heavy (non-hydrogen) atoms. The minimum absolute atomic E-state index is 0.142. The Hall–Kier alpha value is -5.43. The fraction of sp³-hybridized carbons (Fsp3) is 0.342. The number of methoxy groups -OCH3 is 2. The molecule has 0 saturated heterocycles. The van der Waals surface area contributed by atoms with Crippen molar-refractivity contribution >= 4 is 43.9 Å². The van der Waals surface area contributed by atoms with Crippen LogP contribution in [0.15, 0.2) is 105 Å². The van der Waals surface area contributed by atoms with Crippen molar-refractivity contribution in [1.82, 2.24) is 19.7 Å². The van der Waals surface area contributed by atoms with Crippen LogP contribution in [0.1, 0.15) is 50.4 Å². The second-order valence-electron chi connectivity index (χ2n) is 13.0. The minimum atomic E-state index is -4.31. The number of allylic oxidation sites excluding steroid dienone is 2.